The monoisotopic (exact) mass is 436 g/mol. The maximum atomic E-state index is 12.5. The van der Waals surface area contributed by atoms with Gasteiger partial charge in [-0.25, -0.2) is 4.68 Å². The Hall–Kier alpha value is -1.79. The Balaban J connectivity index is 1.92. The molecule has 0 saturated carbocycles. The highest BCUT2D eigenvalue weighted by Gasteiger charge is 2.17. The molecule has 1 aromatic heterocycles. The number of para-hydroxylation sites is 1. The van der Waals surface area contributed by atoms with Crippen molar-refractivity contribution in [3.63, 3.8) is 0 Å². The largest absolute Gasteiger partial charge is 0.487 e. The zero-order valence-corrected chi connectivity index (χ0v) is 15.5. The molecule has 0 unspecified atom stereocenters. The first kappa shape index (κ1) is 16.1. The number of halogens is 2. The van der Waals surface area contributed by atoms with Crippen molar-refractivity contribution in [2.45, 2.75) is 6.61 Å². The SMILES string of the molecule is Cn1c(COc2ccc(Br)cc2)c(Br)c(=O)n1-c1ccccc1. The zero-order chi connectivity index (χ0) is 16.4. The number of hydrogen-bond donors (Lipinski definition) is 0. The first-order chi connectivity index (χ1) is 11.1. The van der Waals surface area contributed by atoms with Gasteiger partial charge in [-0.05, 0) is 52.3 Å². The minimum atomic E-state index is -0.104. The lowest BCUT2D eigenvalue weighted by atomic mass is 10.3. The van der Waals surface area contributed by atoms with Gasteiger partial charge in [0.05, 0.1) is 11.4 Å². The molecule has 0 atom stereocenters. The quantitative estimate of drug-likeness (QED) is 0.610. The zero-order valence-electron chi connectivity index (χ0n) is 12.4. The summed E-state index contributed by atoms with van der Waals surface area (Å²) in [5.74, 6) is 0.750. The fraction of sp³-hybridized carbons (Fsp3) is 0.118. The van der Waals surface area contributed by atoms with Crippen LogP contribution in [0.25, 0.3) is 5.69 Å². The minimum absolute atomic E-state index is 0.104. The summed E-state index contributed by atoms with van der Waals surface area (Å²) in [5.41, 5.74) is 1.49. The number of rotatable bonds is 4. The van der Waals surface area contributed by atoms with Gasteiger partial charge in [-0.2, -0.15) is 0 Å². The second-order valence-corrected chi connectivity index (χ2v) is 6.69. The maximum Gasteiger partial charge on any atom is 0.286 e. The Labute approximate surface area is 150 Å². The van der Waals surface area contributed by atoms with Gasteiger partial charge in [0.15, 0.2) is 0 Å². The van der Waals surface area contributed by atoms with Crippen LogP contribution in [0.4, 0.5) is 0 Å². The summed E-state index contributed by atoms with van der Waals surface area (Å²) < 4.78 is 10.7. The highest BCUT2D eigenvalue weighted by Crippen LogP contribution is 2.20. The lowest BCUT2D eigenvalue weighted by molar-refractivity contribution is 0.292. The Kier molecular flexibility index (Phi) is 4.73. The van der Waals surface area contributed by atoms with Crippen LogP contribution in [0.3, 0.4) is 0 Å². The first-order valence-electron chi connectivity index (χ1n) is 6.98. The highest BCUT2D eigenvalue weighted by molar-refractivity contribution is 9.10. The number of nitrogens with zero attached hydrogens (tertiary/aromatic N) is 2. The van der Waals surface area contributed by atoms with E-state index in [-0.39, 0.29) is 5.56 Å². The Morgan fingerprint density at radius 2 is 1.65 bits per heavy atom. The van der Waals surface area contributed by atoms with E-state index in [2.05, 4.69) is 31.9 Å². The third-order valence-corrected chi connectivity index (χ3v) is 4.84. The normalized spacial score (nSPS) is 10.7. The number of aromatic nitrogens is 2. The van der Waals surface area contributed by atoms with Crippen molar-refractivity contribution >= 4 is 31.9 Å². The lowest BCUT2D eigenvalue weighted by Crippen LogP contribution is -2.19. The van der Waals surface area contributed by atoms with Crippen LogP contribution in [-0.4, -0.2) is 9.36 Å². The molecule has 3 rings (SSSR count). The van der Waals surface area contributed by atoms with Crippen molar-refractivity contribution in [3.05, 3.63) is 79.6 Å². The van der Waals surface area contributed by atoms with Gasteiger partial charge in [-0.15, -0.1) is 0 Å². The summed E-state index contributed by atoms with van der Waals surface area (Å²) in [4.78, 5) is 12.5. The summed E-state index contributed by atoms with van der Waals surface area (Å²) in [6.45, 7) is 0.299. The Bertz CT molecular complexity index is 868. The Morgan fingerprint density at radius 1 is 1.00 bits per heavy atom. The van der Waals surface area contributed by atoms with Crippen LogP contribution in [0, 0.1) is 0 Å². The molecule has 3 aromatic rings. The van der Waals surface area contributed by atoms with Crippen molar-refractivity contribution in [2.24, 2.45) is 7.05 Å². The second kappa shape index (κ2) is 6.76. The van der Waals surface area contributed by atoms with Crippen LogP contribution < -0.4 is 10.3 Å². The molecule has 0 saturated heterocycles. The van der Waals surface area contributed by atoms with Gasteiger partial charge in [0.2, 0.25) is 0 Å². The molecule has 0 aliphatic carbocycles. The number of ether oxygens (including phenoxy) is 1. The van der Waals surface area contributed by atoms with E-state index < -0.39 is 0 Å². The van der Waals surface area contributed by atoms with Crippen molar-refractivity contribution < 1.29 is 4.74 Å². The molecule has 0 amide bonds. The summed E-state index contributed by atoms with van der Waals surface area (Å²) >= 11 is 6.78. The molecule has 0 bridgehead atoms. The van der Waals surface area contributed by atoms with Crippen LogP contribution in [0.1, 0.15) is 5.69 Å². The fourth-order valence-electron chi connectivity index (χ4n) is 2.31. The average molecular weight is 438 g/mol. The van der Waals surface area contributed by atoms with E-state index in [0.29, 0.717) is 11.1 Å². The van der Waals surface area contributed by atoms with Gasteiger partial charge < -0.3 is 4.74 Å². The Morgan fingerprint density at radius 3 is 2.30 bits per heavy atom. The van der Waals surface area contributed by atoms with E-state index in [1.165, 1.54) is 0 Å². The van der Waals surface area contributed by atoms with Gasteiger partial charge in [-0.1, -0.05) is 34.1 Å². The van der Waals surface area contributed by atoms with E-state index in [9.17, 15) is 4.79 Å². The van der Waals surface area contributed by atoms with E-state index in [1.54, 1.807) is 9.36 Å². The highest BCUT2D eigenvalue weighted by atomic mass is 79.9. The molecule has 1 heterocycles. The lowest BCUT2D eigenvalue weighted by Gasteiger charge is -2.11. The van der Waals surface area contributed by atoms with Gasteiger partial charge in [0.1, 0.15) is 16.8 Å². The standard InChI is InChI=1S/C17H14Br2N2O2/c1-20-15(11-23-14-9-7-12(18)8-10-14)16(19)17(22)21(20)13-5-3-2-4-6-13/h2-10H,11H2,1H3. The van der Waals surface area contributed by atoms with Crippen LogP contribution in [-0.2, 0) is 13.7 Å². The average Bonchev–Trinajstić information content (AvgIpc) is 2.78. The van der Waals surface area contributed by atoms with Gasteiger partial charge in [-0.3, -0.25) is 9.48 Å². The summed E-state index contributed by atoms with van der Waals surface area (Å²) in [6, 6.07) is 17.1. The predicted molar refractivity (Wildman–Crippen MR) is 97.2 cm³/mol. The minimum Gasteiger partial charge on any atom is -0.487 e. The van der Waals surface area contributed by atoms with Crippen LogP contribution >= 0.6 is 31.9 Å². The molecule has 0 spiro atoms. The maximum absolute atomic E-state index is 12.5. The molecule has 0 N–H and O–H groups in total. The number of benzene rings is 2. The molecule has 2 aromatic carbocycles. The third kappa shape index (κ3) is 3.28. The van der Waals surface area contributed by atoms with Crippen LogP contribution in [0.5, 0.6) is 5.75 Å². The van der Waals surface area contributed by atoms with Crippen molar-refractivity contribution in [1.29, 1.82) is 0 Å². The van der Waals surface area contributed by atoms with E-state index in [4.69, 9.17) is 4.74 Å². The molecule has 0 radical (unpaired) electrons. The van der Waals surface area contributed by atoms with Crippen LogP contribution in [0.15, 0.2) is 68.3 Å². The van der Waals surface area contributed by atoms with Crippen LogP contribution in [0.2, 0.25) is 0 Å². The molecule has 118 valence electrons. The van der Waals surface area contributed by atoms with Crippen molar-refractivity contribution in [3.8, 4) is 11.4 Å². The molecule has 4 nitrogen and oxygen atoms in total. The molecule has 0 aliphatic heterocycles. The molecular weight excluding hydrogens is 424 g/mol. The van der Waals surface area contributed by atoms with Crippen molar-refractivity contribution in [2.75, 3.05) is 0 Å². The summed E-state index contributed by atoms with van der Waals surface area (Å²) in [5, 5.41) is 0. The van der Waals surface area contributed by atoms with E-state index >= 15 is 0 Å². The van der Waals surface area contributed by atoms with Gasteiger partial charge >= 0.3 is 0 Å². The van der Waals surface area contributed by atoms with E-state index in [1.807, 2.05) is 61.6 Å². The van der Waals surface area contributed by atoms with Gasteiger partial charge in [0.25, 0.3) is 5.56 Å². The van der Waals surface area contributed by atoms with Gasteiger partial charge in [0, 0.05) is 11.5 Å². The fourth-order valence-corrected chi connectivity index (χ4v) is 3.12. The molecular formula is C17H14Br2N2O2. The molecule has 0 fully saturated rings. The first-order valence-corrected chi connectivity index (χ1v) is 8.56. The topological polar surface area (TPSA) is 36.2 Å². The molecule has 6 heteroatoms. The van der Waals surface area contributed by atoms with E-state index in [0.717, 1.165) is 21.6 Å². The second-order valence-electron chi connectivity index (χ2n) is 4.98. The molecule has 23 heavy (non-hydrogen) atoms. The van der Waals surface area contributed by atoms with Crippen molar-refractivity contribution in [1.82, 2.24) is 9.36 Å². The summed E-state index contributed by atoms with van der Waals surface area (Å²) in [6.07, 6.45) is 0. The third-order valence-electron chi connectivity index (χ3n) is 3.51. The smallest absolute Gasteiger partial charge is 0.286 e. The predicted octanol–water partition coefficient (Wildman–Crippen LogP) is 4.28. The number of hydrogen-bond acceptors (Lipinski definition) is 2. The summed E-state index contributed by atoms with van der Waals surface area (Å²) in [7, 11) is 1.85. The molecule has 0 aliphatic rings.